The molecule has 2 aromatic heterocycles. The molecule has 0 aliphatic heterocycles. The lowest BCUT2D eigenvalue weighted by Crippen LogP contribution is -1.97. The molecule has 0 aliphatic carbocycles. The number of rotatable bonds is 4. The maximum atomic E-state index is 9.31. The normalized spacial score (nSPS) is 10.8. The van der Waals surface area contributed by atoms with Gasteiger partial charge in [-0.2, -0.15) is 10.5 Å². The van der Waals surface area contributed by atoms with Crippen molar-refractivity contribution in [3.63, 3.8) is 0 Å². The Morgan fingerprint density at radius 3 is 1.34 bits per heavy atom. The number of hydrogen-bond donors (Lipinski definition) is 0. The molecule has 0 aliphatic rings. The summed E-state index contributed by atoms with van der Waals surface area (Å²) in [6.45, 7) is 2.08. The molecule has 4 aromatic carbocycles. The van der Waals surface area contributed by atoms with Gasteiger partial charge in [0.2, 0.25) is 0 Å². The fourth-order valence-corrected chi connectivity index (χ4v) is 4.98. The van der Waals surface area contributed by atoms with Gasteiger partial charge in [-0.3, -0.25) is 0 Å². The fraction of sp³-hybridized carbons (Fsp3) is 0.0303. The smallest absolute Gasteiger partial charge is 0.0991 e. The molecule has 4 nitrogen and oxygen atoms in total. The molecule has 0 fully saturated rings. The Morgan fingerprint density at radius 1 is 0.553 bits per heavy atom. The standard InChI is InChI=1S/C33H21ClN4/c1-22-2-14-28(15-3-22)37-30(25-8-4-23(20-35)5-9-25)18-33-32(37)19-31(26-10-6-24(21-36)7-11-26)38(33)29-16-12-27(34)13-17-29/h2-19H,1H3. The number of benzene rings is 4. The molecule has 5 heteroatoms. The Labute approximate surface area is 225 Å². The van der Waals surface area contributed by atoms with Crippen LogP contribution in [0.5, 0.6) is 0 Å². The first kappa shape index (κ1) is 23.4. The molecule has 6 aromatic rings. The van der Waals surface area contributed by atoms with Gasteiger partial charge in [0.25, 0.3) is 0 Å². The lowest BCUT2D eigenvalue weighted by Gasteiger charge is -2.12. The second kappa shape index (κ2) is 9.45. The Kier molecular flexibility index (Phi) is 5.81. The minimum Gasteiger partial charge on any atom is -0.308 e. The van der Waals surface area contributed by atoms with Crippen LogP contribution in [0.3, 0.4) is 0 Å². The lowest BCUT2D eigenvalue weighted by atomic mass is 10.1. The maximum Gasteiger partial charge on any atom is 0.0991 e. The minimum atomic E-state index is 0.621. The highest BCUT2D eigenvalue weighted by Gasteiger charge is 2.21. The summed E-state index contributed by atoms with van der Waals surface area (Å²) in [5, 5.41) is 19.3. The molecule has 0 radical (unpaired) electrons. The molecule has 2 heterocycles. The van der Waals surface area contributed by atoms with Gasteiger partial charge in [0.15, 0.2) is 0 Å². The van der Waals surface area contributed by atoms with Gasteiger partial charge in [0.05, 0.1) is 45.7 Å². The fourth-order valence-electron chi connectivity index (χ4n) is 4.85. The molecule has 0 N–H and O–H groups in total. The van der Waals surface area contributed by atoms with Crippen LogP contribution in [0, 0.1) is 29.6 Å². The van der Waals surface area contributed by atoms with Crippen molar-refractivity contribution in [2.24, 2.45) is 0 Å². The van der Waals surface area contributed by atoms with E-state index in [0.29, 0.717) is 16.1 Å². The van der Waals surface area contributed by atoms with E-state index in [4.69, 9.17) is 11.6 Å². The zero-order valence-electron chi connectivity index (χ0n) is 20.6. The van der Waals surface area contributed by atoms with Crippen molar-refractivity contribution in [3.05, 3.63) is 131 Å². The number of halogens is 1. The van der Waals surface area contributed by atoms with Gasteiger partial charge in [-0.15, -0.1) is 0 Å². The molecule has 6 rings (SSSR count). The average molecular weight is 509 g/mol. The van der Waals surface area contributed by atoms with E-state index in [1.165, 1.54) is 5.56 Å². The highest BCUT2D eigenvalue weighted by atomic mass is 35.5. The largest absolute Gasteiger partial charge is 0.308 e. The first-order valence-corrected chi connectivity index (χ1v) is 12.5. The molecule has 0 spiro atoms. The molecule has 0 unspecified atom stereocenters. The summed E-state index contributed by atoms with van der Waals surface area (Å²) < 4.78 is 4.49. The molecule has 0 bridgehead atoms. The Balaban J connectivity index is 1.68. The third kappa shape index (κ3) is 4.04. The first-order valence-electron chi connectivity index (χ1n) is 12.2. The molecule has 0 saturated heterocycles. The van der Waals surface area contributed by atoms with Crippen LogP contribution in [0.15, 0.2) is 109 Å². The zero-order valence-corrected chi connectivity index (χ0v) is 21.3. The van der Waals surface area contributed by atoms with E-state index < -0.39 is 0 Å². The van der Waals surface area contributed by atoms with Crippen LogP contribution in [0.1, 0.15) is 16.7 Å². The van der Waals surface area contributed by atoms with Gasteiger partial charge in [0.1, 0.15) is 0 Å². The van der Waals surface area contributed by atoms with Crippen molar-refractivity contribution in [2.45, 2.75) is 6.92 Å². The third-order valence-corrected chi connectivity index (χ3v) is 7.02. The summed E-state index contributed by atoms with van der Waals surface area (Å²) in [5.74, 6) is 0. The number of hydrogen-bond acceptors (Lipinski definition) is 2. The first-order chi connectivity index (χ1) is 18.6. The monoisotopic (exact) mass is 508 g/mol. The van der Waals surface area contributed by atoms with Gasteiger partial charge < -0.3 is 9.13 Å². The molecule has 0 amide bonds. The van der Waals surface area contributed by atoms with Crippen LogP contribution < -0.4 is 0 Å². The summed E-state index contributed by atoms with van der Waals surface area (Å²) in [4.78, 5) is 0. The third-order valence-electron chi connectivity index (χ3n) is 6.77. The van der Waals surface area contributed by atoms with Crippen molar-refractivity contribution in [1.29, 1.82) is 10.5 Å². The van der Waals surface area contributed by atoms with E-state index in [9.17, 15) is 10.5 Å². The number of aryl methyl sites for hydroxylation is 1. The zero-order chi connectivity index (χ0) is 26.2. The quantitative estimate of drug-likeness (QED) is 0.240. The molecular weight excluding hydrogens is 488 g/mol. The van der Waals surface area contributed by atoms with Crippen LogP contribution in [0.4, 0.5) is 0 Å². The van der Waals surface area contributed by atoms with E-state index in [1.807, 2.05) is 72.8 Å². The Bertz CT molecular complexity index is 1720. The summed E-state index contributed by atoms with van der Waals surface area (Å²) >= 11 is 6.24. The van der Waals surface area contributed by atoms with Crippen LogP contribution in [-0.2, 0) is 0 Å². The average Bonchev–Trinajstić information content (AvgIpc) is 3.51. The van der Waals surface area contributed by atoms with Gasteiger partial charge in [0, 0.05) is 16.4 Å². The lowest BCUT2D eigenvalue weighted by molar-refractivity contribution is 1.13. The van der Waals surface area contributed by atoms with Gasteiger partial charge in [-0.05, 0) is 90.8 Å². The van der Waals surface area contributed by atoms with E-state index >= 15 is 0 Å². The summed E-state index contributed by atoms with van der Waals surface area (Å²) in [7, 11) is 0. The number of nitriles is 2. The predicted molar refractivity (Wildman–Crippen MR) is 153 cm³/mol. The second-order valence-electron chi connectivity index (χ2n) is 9.19. The number of fused-ring (bicyclic) bond motifs is 1. The van der Waals surface area contributed by atoms with E-state index in [0.717, 1.165) is 44.9 Å². The Hall–Kier alpha value is -5.03. The SMILES string of the molecule is Cc1ccc(-n2c(-c3ccc(C#N)cc3)cc3c2cc(-c2ccc(C#N)cc2)n3-c2ccc(Cl)cc2)cc1. The van der Waals surface area contributed by atoms with Crippen LogP contribution in [-0.4, -0.2) is 9.13 Å². The van der Waals surface area contributed by atoms with Gasteiger partial charge in [-0.1, -0.05) is 53.6 Å². The molecule has 0 saturated carbocycles. The topological polar surface area (TPSA) is 57.4 Å². The Morgan fingerprint density at radius 2 is 0.947 bits per heavy atom. The van der Waals surface area contributed by atoms with Crippen LogP contribution >= 0.6 is 11.6 Å². The van der Waals surface area contributed by atoms with E-state index in [-0.39, 0.29) is 0 Å². The second-order valence-corrected chi connectivity index (χ2v) is 9.63. The summed E-state index contributed by atoms with van der Waals surface area (Å²) in [6.07, 6.45) is 0. The molecule has 38 heavy (non-hydrogen) atoms. The minimum absolute atomic E-state index is 0.621. The highest BCUT2D eigenvalue weighted by molar-refractivity contribution is 6.30. The number of nitrogens with zero attached hydrogens (tertiary/aromatic N) is 4. The molecule has 180 valence electrons. The van der Waals surface area contributed by atoms with Crippen molar-refractivity contribution < 1.29 is 0 Å². The number of aromatic nitrogens is 2. The van der Waals surface area contributed by atoms with Crippen molar-refractivity contribution in [2.75, 3.05) is 0 Å². The predicted octanol–water partition coefficient (Wildman–Crippen LogP) is 8.46. The molecular formula is C33H21ClN4. The van der Waals surface area contributed by atoms with E-state index in [1.54, 1.807) is 0 Å². The molecule has 0 atom stereocenters. The van der Waals surface area contributed by atoms with Crippen molar-refractivity contribution in [3.8, 4) is 46.0 Å². The van der Waals surface area contributed by atoms with Crippen LogP contribution in [0.2, 0.25) is 5.02 Å². The highest BCUT2D eigenvalue weighted by Crippen LogP contribution is 2.38. The summed E-state index contributed by atoms with van der Waals surface area (Å²) in [5.41, 5.74) is 10.6. The summed E-state index contributed by atoms with van der Waals surface area (Å²) in [6, 6.07) is 40.4. The van der Waals surface area contributed by atoms with E-state index in [2.05, 4.69) is 64.6 Å². The van der Waals surface area contributed by atoms with Crippen molar-refractivity contribution >= 4 is 22.6 Å². The van der Waals surface area contributed by atoms with Gasteiger partial charge in [-0.25, -0.2) is 0 Å². The van der Waals surface area contributed by atoms with Gasteiger partial charge >= 0.3 is 0 Å². The van der Waals surface area contributed by atoms with Crippen molar-refractivity contribution in [1.82, 2.24) is 9.13 Å². The van der Waals surface area contributed by atoms with Crippen LogP contribution in [0.25, 0.3) is 44.9 Å². The maximum absolute atomic E-state index is 9.31.